The number of nitrogens with one attached hydrogen (secondary N) is 1. The molecular weight excluding hydrogens is 331 g/mol. The van der Waals surface area contributed by atoms with E-state index in [1.165, 1.54) is 11.0 Å². The van der Waals surface area contributed by atoms with E-state index in [1.807, 2.05) is 20.0 Å². The molecule has 0 saturated carbocycles. The Hall–Kier alpha value is -2.95. The minimum Gasteiger partial charge on any atom is -0.361 e. The van der Waals surface area contributed by atoms with E-state index in [1.54, 1.807) is 37.3 Å². The summed E-state index contributed by atoms with van der Waals surface area (Å²) < 4.78 is 13.8. The van der Waals surface area contributed by atoms with Crippen LogP contribution in [0, 0.1) is 12.7 Å². The molecule has 1 aromatic heterocycles. The number of rotatable bonds is 3. The van der Waals surface area contributed by atoms with Crippen LogP contribution in [0.3, 0.4) is 0 Å². The average Bonchev–Trinajstić information content (AvgIpc) is 3.11. The van der Waals surface area contributed by atoms with Gasteiger partial charge in [-0.2, -0.15) is 0 Å². The average molecular weight is 350 g/mol. The highest BCUT2D eigenvalue weighted by Gasteiger charge is 2.39. The Labute approximate surface area is 150 Å². The van der Waals surface area contributed by atoms with E-state index in [2.05, 4.69) is 4.98 Å². The van der Waals surface area contributed by atoms with Gasteiger partial charge in [-0.15, -0.1) is 0 Å². The fourth-order valence-electron chi connectivity index (χ4n) is 3.67. The maximum Gasteiger partial charge on any atom is 0.261 e. The van der Waals surface area contributed by atoms with E-state index < -0.39 is 5.41 Å². The Bertz CT molecular complexity index is 1030. The second-order valence-corrected chi connectivity index (χ2v) is 7.48. The molecule has 0 radical (unpaired) electrons. The van der Waals surface area contributed by atoms with Crippen LogP contribution in [0.25, 0.3) is 10.9 Å². The topological polar surface area (TPSA) is 53.2 Å². The van der Waals surface area contributed by atoms with Crippen LogP contribution >= 0.6 is 0 Å². The van der Waals surface area contributed by atoms with Gasteiger partial charge in [-0.05, 0) is 42.3 Å². The summed E-state index contributed by atoms with van der Waals surface area (Å²) in [6.45, 7) is 5.95. The molecule has 2 heterocycles. The van der Waals surface area contributed by atoms with E-state index in [0.29, 0.717) is 22.2 Å². The Morgan fingerprint density at radius 2 is 1.69 bits per heavy atom. The lowest BCUT2D eigenvalue weighted by Gasteiger charge is -2.29. The number of hydrogen-bond acceptors (Lipinski definition) is 2. The first-order valence-corrected chi connectivity index (χ1v) is 8.52. The first kappa shape index (κ1) is 16.5. The van der Waals surface area contributed by atoms with Crippen molar-refractivity contribution in [1.29, 1.82) is 0 Å². The van der Waals surface area contributed by atoms with Crippen molar-refractivity contribution in [1.82, 2.24) is 9.88 Å². The van der Waals surface area contributed by atoms with Crippen LogP contribution < -0.4 is 0 Å². The van der Waals surface area contributed by atoms with Gasteiger partial charge in [0.25, 0.3) is 11.8 Å². The van der Waals surface area contributed by atoms with Gasteiger partial charge < -0.3 is 4.98 Å². The minimum atomic E-state index is -0.490. The molecule has 132 valence electrons. The molecule has 0 atom stereocenters. The number of aromatic amines is 1. The lowest BCUT2D eigenvalue weighted by atomic mass is 9.83. The molecule has 0 aliphatic carbocycles. The zero-order valence-corrected chi connectivity index (χ0v) is 14.9. The summed E-state index contributed by atoms with van der Waals surface area (Å²) in [4.78, 5) is 29.7. The fraction of sp³-hybridized carbons (Fsp3) is 0.238. The summed E-state index contributed by atoms with van der Waals surface area (Å²) in [7, 11) is 0. The maximum atomic E-state index is 13.8. The summed E-state index contributed by atoms with van der Waals surface area (Å²) in [5, 5.41) is 0.908. The van der Waals surface area contributed by atoms with Gasteiger partial charge in [-0.25, -0.2) is 4.39 Å². The van der Waals surface area contributed by atoms with Gasteiger partial charge >= 0.3 is 0 Å². The molecular formula is C21H19FN2O2. The third kappa shape index (κ3) is 2.35. The Morgan fingerprint density at radius 1 is 1.08 bits per heavy atom. The number of fused-ring (bicyclic) bond motifs is 2. The van der Waals surface area contributed by atoms with Crippen molar-refractivity contribution in [3.05, 3.63) is 70.7 Å². The van der Waals surface area contributed by atoms with Crippen LogP contribution in [0.4, 0.5) is 4.39 Å². The summed E-state index contributed by atoms with van der Waals surface area (Å²) >= 11 is 0. The van der Waals surface area contributed by atoms with Crippen molar-refractivity contribution in [3.63, 3.8) is 0 Å². The van der Waals surface area contributed by atoms with Gasteiger partial charge in [-0.3, -0.25) is 14.5 Å². The summed E-state index contributed by atoms with van der Waals surface area (Å²) in [5.74, 6) is -0.787. The third-order valence-corrected chi connectivity index (χ3v) is 5.12. The van der Waals surface area contributed by atoms with Gasteiger partial charge in [0, 0.05) is 29.1 Å². The normalized spacial score (nSPS) is 14.4. The number of amides is 2. The lowest BCUT2D eigenvalue weighted by Crippen LogP contribution is -2.40. The molecule has 2 amide bonds. The molecule has 1 aliphatic heterocycles. The highest BCUT2D eigenvalue weighted by Crippen LogP contribution is 2.34. The van der Waals surface area contributed by atoms with Gasteiger partial charge in [0.1, 0.15) is 5.82 Å². The summed E-state index contributed by atoms with van der Waals surface area (Å²) in [6, 6.07) is 10.2. The second kappa shape index (κ2) is 5.53. The van der Waals surface area contributed by atoms with E-state index in [4.69, 9.17) is 0 Å². The van der Waals surface area contributed by atoms with Crippen LogP contribution in [0.5, 0.6) is 0 Å². The monoisotopic (exact) mass is 350 g/mol. The Morgan fingerprint density at radius 3 is 2.31 bits per heavy atom. The first-order chi connectivity index (χ1) is 12.3. The van der Waals surface area contributed by atoms with Crippen LogP contribution in [-0.2, 0) is 5.41 Å². The highest BCUT2D eigenvalue weighted by atomic mass is 19.1. The number of nitrogens with zero attached hydrogens (tertiary/aromatic N) is 1. The number of hydrogen-bond donors (Lipinski definition) is 1. The van der Waals surface area contributed by atoms with Crippen molar-refractivity contribution in [3.8, 4) is 0 Å². The number of aryl methyl sites for hydroxylation is 1. The SMILES string of the molecule is Cc1cc2c(C(C)(C)CN3C(=O)c4ccccc4C3=O)c[nH]c2cc1F. The molecule has 26 heavy (non-hydrogen) atoms. The molecule has 0 unspecified atom stereocenters. The summed E-state index contributed by atoms with van der Waals surface area (Å²) in [5.41, 5.74) is 2.63. The molecule has 4 rings (SSSR count). The minimum absolute atomic E-state index is 0.253. The molecule has 4 nitrogen and oxygen atoms in total. The van der Waals surface area contributed by atoms with Gasteiger partial charge in [0.15, 0.2) is 0 Å². The quantitative estimate of drug-likeness (QED) is 0.720. The molecule has 0 bridgehead atoms. The van der Waals surface area contributed by atoms with Crippen LogP contribution in [-0.4, -0.2) is 28.2 Å². The van der Waals surface area contributed by atoms with Gasteiger partial charge in [-0.1, -0.05) is 26.0 Å². The van der Waals surface area contributed by atoms with Gasteiger partial charge in [0.05, 0.1) is 11.1 Å². The second-order valence-electron chi connectivity index (χ2n) is 7.48. The van der Waals surface area contributed by atoms with Crippen molar-refractivity contribution < 1.29 is 14.0 Å². The van der Waals surface area contributed by atoms with Crippen LogP contribution in [0.15, 0.2) is 42.6 Å². The zero-order chi connectivity index (χ0) is 18.6. The van der Waals surface area contributed by atoms with Gasteiger partial charge in [0.2, 0.25) is 0 Å². The van der Waals surface area contributed by atoms with Crippen LogP contribution in [0.1, 0.15) is 45.7 Å². The van der Waals surface area contributed by atoms with Crippen LogP contribution in [0.2, 0.25) is 0 Å². The predicted molar refractivity (Wildman–Crippen MR) is 97.8 cm³/mol. The third-order valence-electron chi connectivity index (χ3n) is 5.12. The largest absolute Gasteiger partial charge is 0.361 e. The Kier molecular flexibility index (Phi) is 3.51. The molecule has 5 heteroatoms. The van der Waals surface area contributed by atoms with Crippen molar-refractivity contribution in [2.75, 3.05) is 6.54 Å². The molecule has 2 aromatic carbocycles. The number of halogens is 1. The fourth-order valence-corrected chi connectivity index (χ4v) is 3.67. The molecule has 0 spiro atoms. The molecule has 3 aromatic rings. The number of imide groups is 1. The van der Waals surface area contributed by atoms with Crippen molar-refractivity contribution in [2.24, 2.45) is 0 Å². The first-order valence-electron chi connectivity index (χ1n) is 8.52. The van der Waals surface area contributed by atoms with E-state index >= 15 is 0 Å². The smallest absolute Gasteiger partial charge is 0.261 e. The van der Waals surface area contributed by atoms with E-state index in [0.717, 1.165) is 10.9 Å². The van der Waals surface area contributed by atoms with Crippen molar-refractivity contribution in [2.45, 2.75) is 26.2 Å². The Balaban J connectivity index is 1.72. The maximum absolute atomic E-state index is 13.8. The number of aromatic nitrogens is 1. The number of H-pyrrole nitrogens is 1. The highest BCUT2D eigenvalue weighted by molar-refractivity contribution is 6.21. The molecule has 1 aliphatic rings. The standard InChI is InChI=1S/C21H19FN2O2/c1-12-8-15-16(10-23-18(15)9-17(12)22)21(2,3)11-24-19(25)13-6-4-5-7-14(13)20(24)26/h4-10,23H,11H2,1-3H3. The zero-order valence-electron chi connectivity index (χ0n) is 14.9. The molecule has 0 fully saturated rings. The lowest BCUT2D eigenvalue weighted by molar-refractivity contribution is 0.0624. The number of benzene rings is 2. The summed E-state index contributed by atoms with van der Waals surface area (Å²) in [6.07, 6.45) is 1.84. The number of carbonyl (C=O) groups excluding carboxylic acids is 2. The molecule has 0 saturated heterocycles. The van der Waals surface area contributed by atoms with E-state index in [-0.39, 0.29) is 24.2 Å². The predicted octanol–water partition coefficient (Wildman–Crippen LogP) is 4.19. The van der Waals surface area contributed by atoms with E-state index in [9.17, 15) is 14.0 Å². The van der Waals surface area contributed by atoms with Crippen molar-refractivity contribution >= 4 is 22.7 Å². The molecule has 1 N–H and O–H groups in total. The number of carbonyl (C=O) groups is 2.